The lowest BCUT2D eigenvalue weighted by Gasteiger charge is -2.23. The maximum atomic E-state index is 4.37. The second-order valence-electron chi connectivity index (χ2n) is 7.32. The van der Waals surface area contributed by atoms with Crippen LogP contribution in [-0.2, 0) is 0 Å². The molecule has 1 saturated heterocycles. The van der Waals surface area contributed by atoms with Gasteiger partial charge in [0.15, 0.2) is 0 Å². The lowest BCUT2D eigenvalue weighted by molar-refractivity contribution is 0.386. The second kappa shape index (κ2) is 5.79. The fourth-order valence-corrected chi connectivity index (χ4v) is 4.54. The third-order valence-electron chi connectivity index (χ3n) is 6.05. The molecule has 2 atom stereocenters. The Kier molecular flexibility index (Phi) is 4.09. The highest BCUT2D eigenvalue weighted by Crippen LogP contribution is 2.54. The van der Waals surface area contributed by atoms with Crippen LogP contribution < -0.4 is 5.32 Å². The molecule has 0 bridgehead atoms. The first-order chi connectivity index (χ1) is 10.9. The first-order valence-corrected chi connectivity index (χ1v) is 8.60. The van der Waals surface area contributed by atoms with Crippen LogP contribution in [0.3, 0.4) is 0 Å². The third kappa shape index (κ3) is 2.61. The first kappa shape index (κ1) is 16.3. The average molecular weight is 311 g/mol. The van der Waals surface area contributed by atoms with Crippen LogP contribution >= 0.6 is 0 Å². The van der Waals surface area contributed by atoms with E-state index in [1.807, 2.05) is 0 Å². The molecule has 1 aliphatic heterocycles. The summed E-state index contributed by atoms with van der Waals surface area (Å²) in [6.07, 6.45) is 5.18. The summed E-state index contributed by atoms with van der Waals surface area (Å²) in [5.41, 5.74) is 8.24. The molecule has 1 spiro atoms. The predicted octanol–water partition coefficient (Wildman–Crippen LogP) is 3.83. The highest BCUT2D eigenvalue weighted by molar-refractivity contribution is 6.02. The van der Waals surface area contributed by atoms with Gasteiger partial charge in [-0.05, 0) is 69.4 Å². The number of aliphatic imine (C=N–C) groups is 1. The van der Waals surface area contributed by atoms with Crippen molar-refractivity contribution in [1.82, 2.24) is 10.2 Å². The van der Waals surface area contributed by atoms with E-state index >= 15 is 0 Å². The number of nitrogens with one attached hydrogen (secondary N) is 1. The molecule has 2 unspecified atom stereocenters. The fraction of sp³-hybridized carbons (Fsp3) is 0.550. The van der Waals surface area contributed by atoms with Crippen LogP contribution in [0.4, 0.5) is 0 Å². The van der Waals surface area contributed by atoms with E-state index in [0.717, 1.165) is 12.1 Å². The van der Waals surface area contributed by atoms with Crippen molar-refractivity contribution >= 4 is 5.71 Å². The average Bonchev–Trinajstić information content (AvgIpc) is 2.86. The first-order valence-electron chi connectivity index (χ1n) is 8.60. The SMILES string of the molecule is C=CN=C(C)C1=C(C)/C(=C(/C)N2CCC3(CC3NC)C2)C(=C)C1. The van der Waals surface area contributed by atoms with Crippen LogP contribution in [0.15, 0.2) is 52.3 Å². The third-order valence-corrected chi connectivity index (χ3v) is 6.05. The Bertz CT molecular complexity index is 650. The molecular formula is C20H29N3. The van der Waals surface area contributed by atoms with Gasteiger partial charge in [0.2, 0.25) is 0 Å². The molecule has 0 amide bonds. The van der Waals surface area contributed by atoms with Gasteiger partial charge < -0.3 is 10.2 Å². The molecule has 124 valence electrons. The van der Waals surface area contributed by atoms with Crippen LogP contribution in [0.2, 0.25) is 0 Å². The number of nitrogens with zero attached hydrogens (tertiary/aromatic N) is 2. The van der Waals surface area contributed by atoms with Gasteiger partial charge in [-0.3, -0.25) is 4.99 Å². The van der Waals surface area contributed by atoms with Crippen molar-refractivity contribution in [3.63, 3.8) is 0 Å². The molecule has 0 aromatic rings. The van der Waals surface area contributed by atoms with Gasteiger partial charge in [0.25, 0.3) is 0 Å². The summed E-state index contributed by atoms with van der Waals surface area (Å²) < 4.78 is 0. The molecule has 0 radical (unpaired) electrons. The van der Waals surface area contributed by atoms with E-state index in [4.69, 9.17) is 0 Å². The smallest absolute Gasteiger partial charge is 0.0410 e. The van der Waals surface area contributed by atoms with Gasteiger partial charge in [0.05, 0.1) is 0 Å². The van der Waals surface area contributed by atoms with E-state index in [1.54, 1.807) is 6.20 Å². The lowest BCUT2D eigenvalue weighted by Crippen LogP contribution is -2.24. The van der Waals surface area contributed by atoms with Crippen molar-refractivity contribution in [3.05, 3.63) is 47.3 Å². The highest BCUT2D eigenvalue weighted by atomic mass is 15.2. The summed E-state index contributed by atoms with van der Waals surface area (Å²) in [5.74, 6) is 0. The van der Waals surface area contributed by atoms with Crippen molar-refractivity contribution in [2.75, 3.05) is 20.1 Å². The van der Waals surface area contributed by atoms with Crippen LogP contribution in [-0.4, -0.2) is 36.8 Å². The lowest BCUT2D eigenvalue weighted by atomic mass is 10.0. The largest absolute Gasteiger partial charge is 0.374 e. The Morgan fingerprint density at radius 2 is 2.17 bits per heavy atom. The molecule has 2 fully saturated rings. The van der Waals surface area contributed by atoms with Crippen molar-refractivity contribution in [1.29, 1.82) is 0 Å². The quantitative estimate of drug-likeness (QED) is 0.799. The van der Waals surface area contributed by atoms with E-state index in [0.29, 0.717) is 11.5 Å². The molecule has 23 heavy (non-hydrogen) atoms. The molecule has 1 saturated carbocycles. The van der Waals surface area contributed by atoms with Gasteiger partial charge in [0, 0.05) is 42.2 Å². The maximum Gasteiger partial charge on any atom is 0.0410 e. The Labute approximate surface area is 140 Å². The van der Waals surface area contributed by atoms with Crippen LogP contribution in [0.5, 0.6) is 0 Å². The topological polar surface area (TPSA) is 27.6 Å². The Balaban J connectivity index is 1.87. The van der Waals surface area contributed by atoms with E-state index in [1.165, 1.54) is 53.9 Å². The van der Waals surface area contributed by atoms with E-state index in [2.05, 4.69) is 56.2 Å². The zero-order valence-electron chi connectivity index (χ0n) is 15.0. The second-order valence-corrected chi connectivity index (χ2v) is 7.32. The van der Waals surface area contributed by atoms with Gasteiger partial charge in [-0.2, -0.15) is 0 Å². The maximum absolute atomic E-state index is 4.37. The monoisotopic (exact) mass is 311 g/mol. The molecule has 2 aliphatic carbocycles. The molecule has 0 aromatic heterocycles. The van der Waals surface area contributed by atoms with Crippen LogP contribution in [0.25, 0.3) is 0 Å². The summed E-state index contributed by atoms with van der Waals surface area (Å²) in [7, 11) is 2.09. The van der Waals surface area contributed by atoms with Crippen molar-refractivity contribution in [3.8, 4) is 0 Å². The van der Waals surface area contributed by atoms with Gasteiger partial charge in [-0.15, -0.1) is 0 Å². The number of allylic oxidation sites excluding steroid dienone is 5. The molecule has 3 heteroatoms. The normalized spacial score (nSPS) is 33.0. The number of likely N-dealkylation sites (tertiary alicyclic amines) is 1. The minimum Gasteiger partial charge on any atom is -0.374 e. The molecular weight excluding hydrogens is 282 g/mol. The Morgan fingerprint density at radius 3 is 2.78 bits per heavy atom. The standard InChI is InChI=1S/C20H29N3/c1-7-22-15(4)17-10-13(2)19(14(17)3)16(5)23-9-8-20(12-23)11-18(20)21-6/h7,18,21H,1-2,8-12H2,3-6H3/b19-16-,22-15?. The fourth-order valence-electron chi connectivity index (χ4n) is 4.54. The van der Waals surface area contributed by atoms with Crippen molar-refractivity contribution < 1.29 is 0 Å². The molecule has 1 N–H and O–H groups in total. The van der Waals surface area contributed by atoms with Crippen LogP contribution in [0.1, 0.15) is 40.0 Å². The molecule has 3 rings (SSSR count). The summed E-state index contributed by atoms with van der Waals surface area (Å²) in [6.45, 7) is 17.0. The minimum atomic E-state index is 0.525. The zero-order valence-corrected chi connectivity index (χ0v) is 15.0. The van der Waals surface area contributed by atoms with E-state index < -0.39 is 0 Å². The Hall–Kier alpha value is -1.61. The van der Waals surface area contributed by atoms with Gasteiger partial charge in [-0.25, -0.2) is 0 Å². The van der Waals surface area contributed by atoms with E-state index in [9.17, 15) is 0 Å². The van der Waals surface area contributed by atoms with Crippen molar-refractivity contribution in [2.24, 2.45) is 10.4 Å². The van der Waals surface area contributed by atoms with Crippen molar-refractivity contribution in [2.45, 2.75) is 46.1 Å². The number of hydrogen-bond acceptors (Lipinski definition) is 3. The minimum absolute atomic E-state index is 0.525. The number of rotatable bonds is 4. The summed E-state index contributed by atoms with van der Waals surface area (Å²) in [5, 5.41) is 3.46. The molecule has 3 nitrogen and oxygen atoms in total. The predicted molar refractivity (Wildman–Crippen MR) is 98.6 cm³/mol. The molecule has 1 heterocycles. The Morgan fingerprint density at radius 1 is 1.43 bits per heavy atom. The van der Waals surface area contributed by atoms with Gasteiger partial charge in [0.1, 0.15) is 0 Å². The van der Waals surface area contributed by atoms with Gasteiger partial charge >= 0.3 is 0 Å². The highest BCUT2D eigenvalue weighted by Gasteiger charge is 2.56. The van der Waals surface area contributed by atoms with E-state index in [-0.39, 0.29) is 0 Å². The molecule has 0 aromatic carbocycles. The summed E-state index contributed by atoms with van der Waals surface area (Å²) in [4.78, 5) is 6.95. The number of hydrogen-bond donors (Lipinski definition) is 1. The summed E-state index contributed by atoms with van der Waals surface area (Å²) >= 11 is 0. The summed E-state index contributed by atoms with van der Waals surface area (Å²) in [6, 6.07) is 0.714. The molecule has 3 aliphatic rings. The van der Waals surface area contributed by atoms with Gasteiger partial charge in [-0.1, -0.05) is 13.2 Å². The zero-order chi connectivity index (χ0) is 16.8. The van der Waals surface area contributed by atoms with Crippen LogP contribution in [0, 0.1) is 5.41 Å².